The summed E-state index contributed by atoms with van der Waals surface area (Å²) in [5.41, 5.74) is 2.83. The van der Waals surface area contributed by atoms with Crippen LogP contribution in [0, 0.1) is 0 Å². The van der Waals surface area contributed by atoms with Crippen LogP contribution < -0.4 is 15.3 Å². The van der Waals surface area contributed by atoms with E-state index in [1.807, 2.05) is 66.4 Å². The van der Waals surface area contributed by atoms with Gasteiger partial charge in [-0.25, -0.2) is 0 Å². The number of rotatable bonds is 8. The molecule has 0 spiro atoms. The van der Waals surface area contributed by atoms with Crippen molar-refractivity contribution >= 4 is 113 Å². The summed E-state index contributed by atoms with van der Waals surface area (Å²) in [5, 5.41) is 36.7. The molecule has 0 heterocycles. The summed E-state index contributed by atoms with van der Waals surface area (Å²) in [4.78, 5) is 3.93. The Kier molecular flexibility index (Phi) is 26.3. The Labute approximate surface area is 296 Å². The Morgan fingerprint density at radius 3 is 1.11 bits per heavy atom. The predicted molar refractivity (Wildman–Crippen MR) is 131 cm³/mol. The van der Waals surface area contributed by atoms with Crippen molar-refractivity contribution in [2.45, 2.75) is 26.2 Å². The van der Waals surface area contributed by atoms with Gasteiger partial charge in [-0.05, 0) is 36.3 Å². The van der Waals surface area contributed by atoms with Gasteiger partial charge < -0.3 is 31.7 Å². The van der Waals surface area contributed by atoms with Crippen LogP contribution in [0.1, 0.15) is 22.3 Å². The molecule has 0 aliphatic rings. The average molecular weight is 561 g/mol. The molecule has 0 amide bonds. The first-order chi connectivity index (χ1) is 13.9. The SMILES string of the molecule is CN(Cc1ccccc1[O-])Cc1cccc(CN(C)Cc2ccccc2[O-])c1[O-].[Ca+2].[Ca+2].[Ca+2].[OH-].[OH-].[OH-]. The molecule has 0 aliphatic carbocycles. The first-order valence-electron chi connectivity index (χ1n) is 9.58. The van der Waals surface area contributed by atoms with Gasteiger partial charge in [0.15, 0.2) is 0 Å². The van der Waals surface area contributed by atoms with E-state index in [9.17, 15) is 15.3 Å². The van der Waals surface area contributed by atoms with Gasteiger partial charge in [0, 0.05) is 26.2 Å². The van der Waals surface area contributed by atoms with Crippen LogP contribution in [0.2, 0.25) is 0 Å². The third-order valence-corrected chi connectivity index (χ3v) is 4.88. The van der Waals surface area contributed by atoms with Crippen LogP contribution in [-0.4, -0.2) is 154 Å². The fraction of sp³-hybridized carbons (Fsp3) is 0.250. The van der Waals surface area contributed by atoms with Gasteiger partial charge in [0.05, 0.1) is 0 Å². The number of para-hydroxylation sites is 3. The fourth-order valence-electron chi connectivity index (χ4n) is 3.43. The monoisotopic (exact) mass is 560 g/mol. The summed E-state index contributed by atoms with van der Waals surface area (Å²) in [6.45, 7) is 1.91. The number of hydrogen-bond donors (Lipinski definition) is 0. The average Bonchev–Trinajstić information content (AvgIpc) is 2.68. The maximum Gasteiger partial charge on any atom is 2.00 e. The summed E-state index contributed by atoms with van der Waals surface area (Å²) in [6.07, 6.45) is 0. The largest absolute Gasteiger partial charge is 2.00 e. The van der Waals surface area contributed by atoms with E-state index in [-0.39, 0.29) is 147 Å². The number of nitrogens with zero attached hydrogens (tertiary/aromatic N) is 2. The summed E-state index contributed by atoms with van der Waals surface area (Å²) >= 11 is 0. The molecule has 176 valence electrons. The van der Waals surface area contributed by atoms with Crippen LogP contribution in [0.5, 0.6) is 17.2 Å². The van der Waals surface area contributed by atoms with E-state index in [1.165, 1.54) is 0 Å². The van der Waals surface area contributed by atoms with E-state index in [0.29, 0.717) is 37.3 Å². The molecule has 3 rings (SSSR count). The maximum absolute atomic E-state index is 12.9. The first-order valence-corrected chi connectivity index (χ1v) is 9.58. The molecule has 0 radical (unpaired) electrons. The van der Waals surface area contributed by atoms with Crippen LogP contribution in [0.3, 0.4) is 0 Å². The predicted octanol–water partition coefficient (Wildman–Crippen LogP) is 0.499. The maximum atomic E-state index is 12.9. The molecule has 0 atom stereocenters. The van der Waals surface area contributed by atoms with Crippen molar-refractivity contribution in [2.75, 3.05) is 14.1 Å². The Balaban J connectivity index is -0.000000801. The second kappa shape index (κ2) is 21.6. The van der Waals surface area contributed by atoms with Gasteiger partial charge in [-0.15, -0.1) is 11.5 Å². The Morgan fingerprint density at radius 1 is 0.486 bits per heavy atom. The molecule has 0 saturated heterocycles. The normalized spacial score (nSPS) is 9.37. The molecule has 3 N–H and O–H groups in total. The minimum Gasteiger partial charge on any atom is -0.872 e. The van der Waals surface area contributed by atoms with Gasteiger partial charge in [-0.3, -0.25) is 9.80 Å². The molecule has 3 aromatic rings. The second-order valence-corrected chi connectivity index (χ2v) is 7.47. The fourth-order valence-corrected chi connectivity index (χ4v) is 3.43. The van der Waals surface area contributed by atoms with Crippen molar-refractivity contribution in [3.8, 4) is 17.2 Å². The Hall–Kier alpha value is 0.639. The molecule has 0 fully saturated rings. The summed E-state index contributed by atoms with van der Waals surface area (Å²) in [7, 11) is 3.80. The van der Waals surface area contributed by atoms with E-state index in [2.05, 4.69) is 0 Å². The smallest absolute Gasteiger partial charge is 0.872 e. The van der Waals surface area contributed by atoms with E-state index < -0.39 is 0 Å². The number of hydrogen-bond acceptors (Lipinski definition) is 8. The quantitative estimate of drug-likeness (QED) is 0.359. The number of benzene rings is 3. The zero-order chi connectivity index (χ0) is 20.8. The summed E-state index contributed by atoms with van der Waals surface area (Å²) in [6, 6.07) is 19.4. The van der Waals surface area contributed by atoms with Gasteiger partial charge in [-0.2, -0.15) is 0 Å². The topological polar surface area (TPSA) is 166 Å². The van der Waals surface area contributed by atoms with Crippen molar-refractivity contribution < 1.29 is 31.7 Å². The third-order valence-electron chi connectivity index (χ3n) is 4.88. The second-order valence-electron chi connectivity index (χ2n) is 7.47. The van der Waals surface area contributed by atoms with Gasteiger partial charge in [0.1, 0.15) is 0 Å². The summed E-state index contributed by atoms with van der Waals surface area (Å²) in [5.74, 6) is 0.0310. The van der Waals surface area contributed by atoms with Gasteiger partial charge >= 0.3 is 113 Å². The van der Waals surface area contributed by atoms with Crippen molar-refractivity contribution in [2.24, 2.45) is 0 Å². The molecule has 3 aromatic carbocycles. The standard InChI is InChI=1S/C24H28N2O3.3Ca.3H2O/c1-25(14-18-8-3-5-12-22(18)27)16-20-10-7-11-21(24(20)29)17-26(2)15-19-9-4-6-13-23(19)28;;;;;;/h3-13,27-29H,14-17H2,1-2H3;;;;3*1H2/q;3*+2;;;/p-6. The zero-order valence-electron chi connectivity index (χ0n) is 20.3. The summed E-state index contributed by atoms with van der Waals surface area (Å²) < 4.78 is 0. The molecular formula is C24H28Ca3N2O6. The van der Waals surface area contributed by atoms with Crippen molar-refractivity contribution in [1.82, 2.24) is 9.80 Å². The van der Waals surface area contributed by atoms with Gasteiger partial charge in [0.2, 0.25) is 0 Å². The van der Waals surface area contributed by atoms with E-state index in [4.69, 9.17) is 0 Å². The van der Waals surface area contributed by atoms with E-state index >= 15 is 0 Å². The molecule has 0 saturated carbocycles. The van der Waals surface area contributed by atoms with Crippen LogP contribution in [0.15, 0.2) is 66.7 Å². The van der Waals surface area contributed by atoms with Crippen LogP contribution in [-0.2, 0) is 26.2 Å². The Morgan fingerprint density at radius 2 is 0.771 bits per heavy atom. The molecule has 11 heteroatoms. The van der Waals surface area contributed by atoms with E-state index in [1.54, 1.807) is 24.3 Å². The minimum atomic E-state index is 0. The molecule has 0 unspecified atom stereocenters. The Bertz CT molecular complexity index is 908. The molecule has 35 heavy (non-hydrogen) atoms. The molecular weight excluding hydrogens is 533 g/mol. The molecule has 0 bridgehead atoms. The van der Waals surface area contributed by atoms with Gasteiger partial charge in [-0.1, -0.05) is 72.5 Å². The van der Waals surface area contributed by atoms with Crippen LogP contribution in [0.25, 0.3) is 0 Å². The molecule has 0 aromatic heterocycles. The van der Waals surface area contributed by atoms with Crippen LogP contribution in [0.4, 0.5) is 0 Å². The molecule has 0 aliphatic heterocycles. The minimum absolute atomic E-state index is 0. The first kappa shape index (κ1) is 42.7. The zero-order valence-corrected chi connectivity index (χ0v) is 26.9. The van der Waals surface area contributed by atoms with Crippen LogP contribution >= 0.6 is 0 Å². The van der Waals surface area contributed by atoms with Crippen molar-refractivity contribution in [3.63, 3.8) is 0 Å². The molecule has 8 nitrogen and oxygen atoms in total. The third kappa shape index (κ3) is 13.3. The van der Waals surface area contributed by atoms with E-state index in [0.717, 1.165) is 11.1 Å². The van der Waals surface area contributed by atoms with Crippen molar-refractivity contribution in [3.05, 3.63) is 89.0 Å². The van der Waals surface area contributed by atoms with Gasteiger partial charge in [0.25, 0.3) is 0 Å². The van der Waals surface area contributed by atoms with Crippen molar-refractivity contribution in [1.29, 1.82) is 0 Å².